The third-order valence-corrected chi connectivity index (χ3v) is 9.79. The highest BCUT2D eigenvalue weighted by Gasteiger charge is 2.54. The van der Waals surface area contributed by atoms with Gasteiger partial charge in [0.1, 0.15) is 41.1 Å². The molecule has 1 N–H and O–H groups in total. The van der Waals surface area contributed by atoms with Gasteiger partial charge in [-0.05, 0) is 16.7 Å². The number of rotatable bonds is 16. The number of halogens is 1. The molecular weight excluding hydrogens is 803 g/mol. The van der Waals surface area contributed by atoms with Crippen molar-refractivity contribution < 1.29 is 62.1 Å². The Morgan fingerprint density at radius 3 is 1.62 bits per heavy atom. The molecule has 0 spiro atoms. The fraction of sp³-hybridized carbons (Fsp3) is 0.462. The lowest BCUT2D eigenvalue weighted by atomic mass is 9.97. The quantitative estimate of drug-likeness (QED) is 0.0937. The van der Waals surface area contributed by atoms with Gasteiger partial charge < -0.3 is 47.7 Å². The first-order valence-electron chi connectivity index (χ1n) is 17.3. The molecule has 2 fully saturated rings. The zero-order valence-electron chi connectivity index (χ0n) is 29.7. The molecule has 53 heavy (non-hydrogen) atoms. The van der Waals surface area contributed by atoms with Gasteiger partial charge in [0.15, 0.2) is 24.8 Å². The van der Waals surface area contributed by atoms with Crippen LogP contribution in [0.25, 0.3) is 0 Å². The lowest BCUT2D eigenvalue weighted by molar-refractivity contribution is -0.347. The molecule has 0 amide bonds. The summed E-state index contributed by atoms with van der Waals surface area (Å²) >= 11 is 2.02. The number of ether oxygens (including phenoxy) is 9. The molecule has 14 heteroatoms. The average Bonchev–Trinajstić information content (AvgIpc) is 3.14. The molecule has 3 aromatic rings. The fourth-order valence-electron chi connectivity index (χ4n) is 6.09. The van der Waals surface area contributed by atoms with Gasteiger partial charge in [0.2, 0.25) is 0 Å². The summed E-state index contributed by atoms with van der Waals surface area (Å²) in [5, 5.41) is 11.5. The van der Waals surface area contributed by atoms with Gasteiger partial charge in [0.25, 0.3) is 0 Å². The molecule has 13 nitrogen and oxygen atoms in total. The van der Waals surface area contributed by atoms with Crippen LogP contribution in [0.3, 0.4) is 0 Å². The Bertz CT molecular complexity index is 1580. The maximum absolute atomic E-state index is 12.4. The molecule has 5 rings (SSSR count). The van der Waals surface area contributed by atoms with Crippen molar-refractivity contribution in [3.63, 3.8) is 0 Å². The van der Waals surface area contributed by atoms with E-state index in [1.54, 1.807) is 0 Å². The van der Waals surface area contributed by atoms with Crippen molar-refractivity contribution in [2.45, 2.75) is 99.8 Å². The highest BCUT2D eigenvalue weighted by atomic mass is 127. The summed E-state index contributed by atoms with van der Waals surface area (Å²) in [7, 11) is 0. The van der Waals surface area contributed by atoms with Crippen LogP contribution in [0.4, 0.5) is 0 Å². The Kier molecular flexibility index (Phi) is 15.6. The molecule has 0 saturated carbocycles. The van der Waals surface area contributed by atoms with Gasteiger partial charge in [-0.25, -0.2) is 0 Å². The Balaban J connectivity index is 1.48. The minimum atomic E-state index is -1.44. The van der Waals surface area contributed by atoms with E-state index < -0.39 is 77.1 Å². The van der Waals surface area contributed by atoms with Crippen LogP contribution in [0, 0.1) is 0 Å². The predicted octanol–water partition coefficient (Wildman–Crippen LogP) is 4.43. The number of alkyl halides is 1. The normalized spacial score (nSPS) is 28.5. The maximum atomic E-state index is 12.4. The molecule has 0 aromatic heterocycles. The first-order chi connectivity index (χ1) is 25.6. The van der Waals surface area contributed by atoms with E-state index in [0.29, 0.717) is 0 Å². The van der Waals surface area contributed by atoms with E-state index in [1.165, 1.54) is 20.8 Å². The average molecular weight is 849 g/mol. The van der Waals surface area contributed by atoms with Crippen LogP contribution in [0.1, 0.15) is 37.5 Å². The fourth-order valence-corrected chi connectivity index (χ4v) is 6.98. The van der Waals surface area contributed by atoms with Crippen molar-refractivity contribution >= 4 is 40.5 Å². The van der Waals surface area contributed by atoms with Crippen molar-refractivity contribution in [3.8, 4) is 0 Å². The minimum absolute atomic E-state index is 0.0216. The molecule has 0 unspecified atom stereocenters. The van der Waals surface area contributed by atoms with Crippen molar-refractivity contribution in [1.29, 1.82) is 0 Å². The number of hydrogen-bond donors (Lipinski definition) is 1. The molecule has 2 heterocycles. The molecule has 2 aliphatic heterocycles. The van der Waals surface area contributed by atoms with E-state index in [4.69, 9.17) is 42.6 Å². The highest BCUT2D eigenvalue weighted by molar-refractivity contribution is 14.1. The third kappa shape index (κ3) is 12.0. The SMILES string of the molecule is CC(=O)OC[C@H]1O[C@H](O[C@H]2[C@H](OCc3ccccc3)[C@@H](OCc3ccccc3)[C@@H](O)O[C@@H]2COCc2ccccc2)[C@@H](I)[C@@H](OC(C)=O)[C@H]1OC(C)=O. The number of hydrogen-bond acceptors (Lipinski definition) is 13. The van der Waals surface area contributed by atoms with Crippen LogP contribution in [0.15, 0.2) is 91.0 Å². The maximum Gasteiger partial charge on any atom is 0.303 e. The number of aliphatic hydroxyl groups excluding tert-OH is 1. The number of carbonyl (C=O) groups excluding carboxylic acids is 3. The molecule has 0 bridgehead atoms. The summed E-state index contributed by atoms with van der Waals surface area (Å²) in [6.45, 7) is 3.87. The van der Waals surface area contributed by atoms with E-state index in [1.807, 2.05) is 114 Å². The van der Waals surface area contributed by atoms with Gasteiger partial charge in [-0.2, -0.15) is 0 Å². The van der Waals surface area contributed by atoms with Crippen LogP contribution in [0.2, 0.25) is 0 Å². The number of carbonyl (C=O) groups is 3. The van der Waals surface area contributed by atoms with E-state index in [9.17, 15) is 19.5 Å². The van der Waals surface area contributed by atoms with E-state index in [0.717, 1.165) is 16.7 Å². The summed E-state index contributed by atoms with van der Waals surface area (Å²) in [6, 6.07) is 28.6. The topological polar surface area (TPSA) is 155 Å². The van der Waals surface area contributed by atoms with Crippen LogP contribution in [0.5, 0.6) is 0 Å². The Morgan fingerprint density at radius 2 is 1.09 bits per heavy atom. The molecule has 0 aliphatic carbocycles. The Morgan fingerprint density at radius 1 is 0.604 bits per heavy atom. The molecule has 10 atom stereocenters. The van der Waals surface area contributed by atoms with Gasteiger partial charge in [0, 0.05) is 20.8 Å². The second-order valence-corrected chi connectivity index (χ2v) is 14.1. The summed E-state index contributed by atoms with van der Waals surface area (Å²) in [5.41, 5.74) is 2.66. The smallest absolute Gasteiger partial charge is 0.303 e. The second-order valence-electron chi connectivity index (χ2n) is 12.6. The second kappa shape index (κ2) is 20.3. The molecule has 2 aliphatic rings. The van der Waals surface area contributed by atoms with Gasteiger partial charge in [-0.1, -0.05) is 114 Å². The Hall–Kier alpha value is -3.48. The first-order valence-corrected chi connectivity index (χ1v) is 18.5. The van der Waals surface area contributed by atoms with Gasteiger partial charge in [-0.3, -0.25) is 14.4 Å². The minimum Gasteiger partial charge on any atom is -0.463 e. The molecular formula is C39H45IO13. The van der Waals surface area contributed by atoms with Crippen molar-refractivity contribution in [1.82, 2.24) is 0 Å². The lowest BCUT2D eigenvalue weighted by Gasteiger charge is -2.48. The zero-order valence-corrected chi connectivity index (χ0v) is 31.9. The van der Waals surface area contributed by atoms with Gasteiger partial charge in [0.05, 0.1) is 26.4 Å². The standard InChI is InChI=1S/C39H45IO13/c1-24(41)46-23-31-33(49-25(2)42)35(50-26(3)43)32(40)39(52-31)53-34-30(22-45-19-27-13-7-4-8-14-27)51-38(44)37(48-21-29-17-11-6-12-18-29)36(34)47-20-28-15-9-5-10-16-28/h4-18,30-39,44H,19-23H2,1-3H3/t30-,31-,32+,33+,34-,35-,36+,37-,38+,39-/m1/s1. The molecule has 286 valence electrons. The predicted molar refractivity (Wildman–Crippen MR) is 196 cm³/mol. The molecule has 0 radical (unpaired) electrons. The summed E-state index contributed by atoms with van der Waals surface area (Å²) in [4.78, 5) is 36.4. The van der Waals surface area contributed by atoms with Gasteiger partial charge in [-0.15, -0.1) is 0 Å². The molecule has 3 aromatic carbocycles. The van der Waals surface area contributed by atoms with Crippen LogP contribution in [-0.4, -0.2) is 95.5 Å². The Labute approximate surface area is 322 Å². The van der Waals surface area contributed by atoms with Crippen molar-refractivity contribution in [3.05, 3.63) is 108 Å². The number of aliphatic hydroxyl groups is 1. The van der Waals surface area contributed by atoms with Crippen LogP contribution >= 0.6 is 22.6 Å². The van der Waals surface area contributed by atoms with Crippen molar-refractivity contribution in [2.24, 2.45) is 0 Å². The third-order valence-electron chi connectivity index (χ3n) is 8.49. The highest BCUT2D eigenvalue weighted by Crippen LogP contribution is 2.36. The molecule has 2 saturated heterocycles. The van der Waals surface area contributed by atoms with Gasteiger partial charge >= 0.3 is 17.9 Å². The van der Waals surface area contributed by atoms with E-state index in [2.05, 4.69) is 0 Å². The summed E-state index contributed by atoms with van der Waals surface area (Å²) in [6.07, 6.45) is -9.78. The van der Waals surface area contributed by atoms with E-state index >= 15 is 0 Å². The zero-order chi connectivity index (χ0) is 37.7. The first kappa shape index (κ1) is 40.7. The monoisotopic (exact) mass is 848 g/mol. The van der Waals surface area contributed by atoms with Crippen molar-refractivity contribution in [2.75, 3.05) is 13.2 Å². The van der Waals surface area contributed by atoms with Crippen LogP contribution in [-0.2, 0) is 76.8 Å². The number of benzene rings is 3. The summed E-state index contributed by atoms with van der Waals surface area (Å²) in [5.74, 6) is -1.87. The lowest BCUT2D eigenvalue weighted by Crippen LogP contribution is -2.65. The van der Waals surface area contributed by atoms with Crippen LogP contribution < -0.4 is 0 Å². The summed E-state index contributed by atoms with van der Waals surface area (Å²) < 4.78 is 54.1. The number of esters is 3. The van der Waals surface area contributed by atoms with E-state index in [-0.39, 0.29) is 33.0 Å². The largest absolute Gasteiger partial charge is 0.463 e.